The lowest BCUT2D eigenvalue weighted by Crippen LogP contribution is -1.99. The standard InChI is InChI=1S/C32H34O/c1-20-11-13-28(16-23(20)4)30-10-8-9-22(3)31(30)18-27-15-25(6)26(7)32(19-27)33-29-14-12-21(2)24(5)17-29/h8-17,19H,18H2,1-7H3. The Morgan fingerprint density at radius 2 is 1.27 bits per heavy atom. The molecule has 4 aromatic carbocycles. The molecule has 0 saturated carbocycles. The molecule has 0 amide bonds. The van der Waals surface area contributed by atoms with Crippen LogP contribution in [0.15, 0.2) is 66.7 Å². The molecule has 0 aliphatic carbocycles. The molecule has 1 nitrogen and oxygen atoms in total. The zero-order chi connectivity index (χ0) is 23.7. The molecule has 0 aromatic heterocycles. The molecular weight excluding hydrogens is 400 g/mol. The van der Waals surface area contributed by atoms with Gasteiger partial charge >= 0.3 is 0 Å². The van der Waals surface area contributed by atoms with Gasteiger partial charge in [0.05, 0.1) is 0 Å². The van der Waals surface area contributed by atoms with Crippen LogP contribution in [0, 0.1) is 48.5 Å². The van der Waals surface area contributed by atoms with Gasteiger partial charge in [0.2, 0.25) is 0 Å². The molecule has 33 heavy (non-hydrogen) atoms. The normalized spacial score (nSPS) is 11.0. The summed E-state index contributed by atoms with van der Waals surface area (Å²) in [5, 5.41) is 0. The van der Waals surface area contributed by atoms with Crippen molar-refractivity contribution in [1.82, 2.24) is 0 Å². The van der Waals surface area contributed by atoms with Crippen LogP contribution in [0.25, 0.3) is 11.1 Å². The van der Waals surface area contributed by atoms with Gasteiger partial charge in [-0.15, -0.1) is 0 Å². The molecule has 0 unspecified atom stereocenters. The van der Waals surface area contributed by atoms with Crippen molar-refractivity contribution < 1.29 is 4.74 Å². The number of hydrogen-bond acceptors (Lipinski definition) is 1. The highest BCUT2D eigenvalue weighted by Gasteiger charge is 2.13. The Labute approximate surface area is 199 Å². The quantitative estimate of drug-likeness (QED) is 0.305. The Morgan fingerprint density at radius 3 is 1.97 bits per heavy atom. The van der Waals surface area contributed by atoms with Crippen LogP contribution < -0.4 is 4.74 Å². The summed E-state index contributed by atoms with van der Waals surface area (Å²) in [6.07, 6.45) is 0.874. The Morgan fingerprint density at radius 1 is 0.576 bits per heavy atom. The average Bonchev–Trinajstić information content (AvgIpc) is 2.77. The van der Waals surface area contributed by atoms with Crippen LogP contribution >= 0.6 is 0 Å². The zero-order valence-electron chi connectivity index (χ0n) is 21.0. The predicted octanol–water partition coefficient (Wildman–Crippen LogP) is 8.90. The van der Waals surface area contributed by atoms with Crippen molar-refractivity contribution in [3.63, 3.8) is 0 Å². The summed E-state index contributed by atoms with van der Waals surface area (Å²) in [6.45, 7) is 15.1. The molecule has 1 heteroatoms. The summed E-state index contributed by atoms with van der Waals surface area (Å²) < 4.78 is 6.38. The molecular formula is C32H34O. The van der Waals surface area contributed by atoms with E-state index >= 15 is 0 Å². The van der Waals surface area contributed by atoms with Crippen LogP contribution in [0.5, 0.6) is 11.5 Å². The van der Waals surface area contributed by atoms with E-state index in [0.717, 1.165) is 17.9 Å². The molecule has 0 aliphatic rings. The Balaban J connectivity index is 1.72. The fraction of sp³-hybridized carbons (Fsp3) is 0.250. The van der Waals surface area contributed by atoms with Crippen molar-refractivity contribution in [1.29, 1.82) is 0 Å². The summed E-state index contributed by atoms with van der Waals surface area (Å²) in [5.74, 6) is 1.83. The SMILES string of the molecule is Cc1ccc(Oc2cc(Cc3c(C)cccc3-c3ccc(C)c(C)c3)cc(C)c2C)cc1C. The molecule has 4 rings (SSSR count). The molecule has 4 aromatic rings. The minimum absolute atomic E-state index is 0.874. The van der Waals surface area contributed by atoms with Crippen molar-refractivity contribution in [3.8, 4) is 22.6 Å². The van der Waals surface area contributed by atoms with E-state index in [1.807, 2.05) is 0 Å². The van der Waals surface area contributed by atoms with Gasteiger partial charge in [-0.05, 0) is 134 Å². The lowest BCUT2D eigenvalue weighted by molar-refractivity contribution is 0.477. The highest BCUT2D eigenvalue weighted by Crippen LogP contribution is 2.33. The fourth-order valence-electron chi connectivity index (χ4n) is 4.33. The first-order valence-corrected chi connectivity index (χ1v) is 11.7. The molecule has 0 aliphatic heterocycles. The van der Waals surface area contributed by atoms with Gasteiger partial charge in [-0.1, -0.05) is 48.5 Å². The third kappa shape index (κ3) is 4.88. The molecule has 0 atom stereocenters. The lowest BCUT2D eigenvalue weighted by Gasteiger charge is -2.17. The topological polar surface area (TPSA) is 9.23 Å². The maximum atomic E-state index is 6.38. The van der Waals surface area contributed by atoms with E-state index in [-0.39, 0.29) is 0 Å². The fourth-order valence-corrected chi connectivity index (χ4v) is 4.33. The van der Waals surface area contributed by atoms with Gasteiger partial charge in [0, 0.05) is 0 Å². The molecule has 0 spiro atoms. The van der Waals surface area contributed by atoms with Crippen LogP contribution in [0.3, 0.4) is 0 Å². The molecule has 168 valence electrons. The molecule has 0 bridgehead atoms. The minimum atomic E-state index is 0.874. The maximum Gasteiger partial charge on any atom is 0.130 e. The number of hydrogen-bond donors (Lipinski definition) is 0. The average molecular weight is 435 g/mol. The largest absolute Gasteiger partial charge is 0.457 e. The van der Waals surface area contributed by atoms with Crippen LogP contribution in [-0.2, 0) is 6.42 Å². The third-order valence-electron chi connectivity index (χ3n) is 6.99. The number of ether oxygens (including phenoxy) is 1. The van der Waals surface area contributed by atoms with Crippen LogP contribution in [0.1, 0.15) is 50.1 Å². The maximum absolute atomic E-state index is 6.38. The third-order valence-corrected chi connectivity index (χ3v) is 6.99. The van der Waals surface area contributed by atoms with Crippen LogP contribution in [0.2, 0.25) is 0 Å². The van der Waals surface area contributed by atoms with Crippen molar-refractivity contribution in [2.45, 2.75) is 54.9 Å². The molecule has 0 fully saturated rings. The van der Waals surface area contributed by atoms with Crippen LogP contribution in [0.4, 0.5) is 0 Å². The summed E-state index contributed by atoms with van der Waals surface area (Å²) >= 11 is 0. The van der Waals surface area contributed by atoms with Crippen molar-refractivity contribution in [2.75, 3.05) is 0 Å². The number of aryl methyl sites for hydroxylation is 6. The van der Waals surface area contributed by atoms with Gasteiger partial charge in [-0.3, -0.25) is 0 Å². The predicted molar refractivity (Wildman–Crippen MR) is 141 cm³/mol. The highest BCUT2D eigenvalue weighted by molar-refractivity contribution is 5.70. The van der Waals surface area contributed by atoms with E-state index < -0.39 is 0 Å². The van der Waals surface area contributed by atoms with Gasteiger partial charge in [-0.2, -0.15) is 0 Å². The number of benzene rings is 4. The summed E-state index contributed by atoms with van der Waals surface area (Å²) in [7, 11) is 0. The molecule has 0 N–H and O–H groups in total. The van der Waals surface area contributed by atoms with Crippen molar-refractivity contribution in [3.05, 3.63) is 117 Å². The summed E-state index contributed by atoms with van der Waals surface area (Å²) in [5.41, 5.74) is 14.2. The second kappa shape index (κ2) is 9.27. The van der Waals surface area contributed by atoms with Gasteiger partial charge in [0.1, 0.15) is 11.5 Å². The Bertz CT molecular complexity index is 1330. The van der Waals surface area contributed by atoms with E-state index in [4.69, 9.17) is 4.74 Å². The number of rotatable bonds is 5. The van der Waals surface area contributed by atoms with Gasteiger partial charge in [0.25, 0.3) is 0 Å². The first kappa shape index (κ1) is 22.9. The van der Waals surface area contributed by atoms with Gasteiger partial charge in [-0.25, -0.2) is 0 Å². The Kier molecular flexibility index (Phi) is 6.42. The minimum Gasteiger partial charge on any atom is -0.457 e. The smallest absolute Gasteiger partial charge is 0.130 e. The van der Waals surface area contributed by atoms with Gasteiger partial charge < -0.3 is 4.74 Å². The summed E-state index contributed by atoms with van der Waals surface area (Å²) in [6, 6.07) is 24.2. The first-order chi connectivity index (χ1) is 15.7. The van der Waals surface area contributed by atoms with Crippen molar-refractivity contribution >= 4 is 0 Å². The monoisotopic (exact) mass is 434 g/mol. The van der Waals surface area contributed by atoms with E-state index in [1.54, 1.807) is 0 Å². The van der Waals surface area contributed by atoms with E-state index in [0.29, 0.717) is 0 Å². The van der Waals surface area contributed by atoms with E-state index in [1.165, 1.54) is 61.2 Å². The lowest BCUT2D eigenvalue weighted by atomic mass is 9.89. The van der Waals surface area contributed by atoms with E-state index in [9.17, 15) is 0 Å². The highest BCUT2D eigenvalue weighted by atomic mass is 16.5. The molecule has 0 saturated heterocycles. The van der Waals surface area contributed by atoms with Crippen LogP contribution in [-0.4, -0.2) is 0 Å². The Hall–Kier alpha value is -3.32. The van der Waals surface area contributed by atoms with Crippen molar-refractivity contribution in [2.24, 2.45) is 0 Å². The zero-order valence-corrected chi connectivity index (χ0v) is 21.0. The molecule has 0 heterocycles. The second-order valence-electron chi connectivity index (χ2n) is 9.46. The van der Waals surface area contributed by atoms with Gasteiger partial charge in [0.15, 0.2) is 0 Å². The summed E-state index contributed by atoms with van der Waals surface area (Å²) in [4.78, 5) is 0. The molecule has 0 radical (unpaired) electrons. The van der Waals surface area contributed by atoms with E-state index in [2.05, 4.69) is 115 Å². The first-order valence-electron chi connectivity index (χ1n) is 11.7. The second-order valence-corrected chi connectivity index (χ2v) is 9.46.